The number of methoxy groups -OCH3 is 2. The van der Waals surface area contributed by atoms with Crippen LogP contribution in [-0.4, -0.2) is 42.8 Å². The normalized spacial score (nSPS) is 10.6. The van der Waals surface area contributed by atoms with Gasteiger partial charge in [-0.15, -0.1) is 10.2 Å². The van der Waals surface area contributed by atoms with Gasteiger partial charge in [0.05, 0.1) is 14.2 Å². The quantitative estimate of drug-likeness (QED) is 0.628. The summed E-state index contributed by atoms with van der Waals surface area (Å²) in [7, 11) is 3.03. The highest BCUT2D eigenvalue weighted by molar-refractivity contribution is 7.15. The Bertz CT molecular complexity index is 783. The van der Waals surface area contributed by atoms with Gasteiger partial charge in [-0.3, -0.25) is 9.59 Å². The topological polar surface area (TPSA) is 102 Å². The Morgan fingerprint density at radius 3 is 2.29 bits per heavy atom. The first-order valence-corrected chi connectivity index (χ1v) is 9.96. The van der Waals surface area contributed by atoms with Gasteiger partial charge < -0.3 is 20.1 Å². The summed E-state index contributed by atoms with van der Waals surface area (Å²) in [4.78, 5) is 24.4. The Morgan fingerprint density at radius 2 is 1.71 bits per heavy atom. The van der Waals surface area contributed by atoms with Crippen molar-refractivity contribution in [2.24, 2.45) is 0 Å². The third-order valence-corrected chi connectivity index (χ3v) is 5.27. The smallest absolute Gasteiger partial charge is 0.251 e. The second-order valence-corrected chi connectivity index (χ2v) is 7.12. The molecule has 28 heavy (non-hydrogen) atoms. The number of carbonyl (C=O) groups is 2. The minimum absolute atomic E-state index is 0.132. The van der Waals surface area contributed by atoms with E-state index in [1.807, 2.05) is 0 Å². The van der Waals surface area contributed by atoms with Crippen molar-refractivity contribution in [3.63, 3.8) is 0 Å². The molecule has 1 aromatic heterocycles. The van der Waals surface area contributed by atoms with Crippen molar-refractivity contribution >= 4 is 28.3 Å². The number of ether oxygens (including phenoxy) is 2. The molecule has 152 valence electrons. The monoisotopic (exact) mass is 406 g/mol. The fraction of sp³-hybridized carbons (Fsp3) is 0.474. The van der Waals surface area contributed by atoms with Crippen molar-refractivity contribution in [2.45, 2.75) is 39.0 Å². The van der Waals surface area contributed by atoms with Gasteiger partial charge in [-0.25, -0.2) is 0 Å². The van der Waals surface area contributed by atoms with Crippen LogP contribution in [0.15, 0.2) is 18.2 Å². The van der Waals surface area contributed by atoms with Crippen molar-refractivity contribution in [3.8, 4) is 11.5 Å². The number of hydrogen-bond acceptors (Lipinski definition) is 7. The Labute approximate surface area is 168 Å². The van der Waals surface area contributed by atoms with Crippen LogP contribution < -0.4 is 20.1 Å². The number of nitrogens with one attached hydrogen (secondary N) is 2. The molecule has 0 spiro atoms. The fourth-order valence-corrected chi connectivity index (χ4v) is 3.63. The largest absolute Gasteiger partial charge is 0.497 e. The summed E-state index contributed by atoms with van der Waals surface area (Å²) in [5.74, 6) is 0.869. The number of aromatic nitrogens is 2. The molecule has 0 aliphatic heterocycles. The number of rotatable bonds is 10. The summed E-state index contributed by atoms with van der Waals surface area (Å²) in [6, 6.07) is 4.90. The van der Waals surface area contributed by atoms with Crippen LogP contribution in [-0.2, 0) is 4.79 Å². The Balaban J connectivity index is 1.84. The summed E-state index contributed by atoms with van der Waals surface area (Å²) in [5, 5.41) is 15.0. The summed E-state index contributed by atoms with van der Waals surface area (Å²) >= 11 is 1.39. The molecular formula is C19H26N4O4S. The van der Waals surface area contributed by atoms with Gasteiger partial charge >= 0.3 is 0 Å². The molecule has 0 unspecified atom stereocenters. The molecule has 0 fully saturated rings. The zero-order chi connectivity index (χ0) is 20.5. The third kappa shape index (κ3) is 5.91. The van der Waals surface area contributed by atoms with Gasteiger partial charge in [0.25, 0.3) is 5.91 Å². The lowest BCUT2D eigenvalue weighted by Crippen LogP contribution is -2.27. The van der Waals surface area contributed by atoms with E-state index in [4.69, 9.17) is 9.47 Å². The average Bonchev–Trinajstić information content (AvgIpc) is 3.16. The summed E-state index contributed by atoms with van der Waals surface area (Å²) in [5.41, 5.74) is 0.399. The van der Waals surface area contributed by atoms with E-state index in [2.05, 4.69) is 34.7 Å². The van der Waals surface area contributed by atoms with E-state index in [1.165, 1.54) is 25.6 Å². The van der Waals surface area contributed by atoms with Crippen molar-refractivity contribution in [1.29, 1.82) is 0 Å². The molecule has 2 amide bonds. The number of nitrogens with zero attached hydrogens (tertiary/aromatic N) is 2. The molecule has 0 bridgehead atoms. The third-order valence-electron chi connectivity index (χ3n) is 4.27. The molecule has 2 rings (SSSR count). The molecule has 0 saturated heterocycles. The number of amides is 2. The molecule has 1 heterocycles. The van der Waals surface area contributed by atoms with Crippen LogP contribution in [0.4, 0.5) is 5.13 Å². The molecule has 0 radical (unpaired) electrons. The van der Waals surface area contributed by atoms with Crippen LogP contribution in [0.5, 0.6) is 11.5 Å². The highest BCUT2D eigenvalue weighted by atomic mass is 32.1. The van der Waals surface area contributed by atoms with Crippen LogP contribution in [0.25, 0.3) is 0 Å². The lowest BCUT2D eigenvalue weighted by atomic mass is 10.1. The van der Waals surface area contributed by atoms with Gasteiger partial charge in [-0.05, 0) is 25.0 Å². The molecule has 2 aromatic rings. The van der Waals surface area contributed by atoms with E-state index in [1.54, 1.807) is 18.2 Å². The molecule has 1 aromatic carbocycles. The van der Waals surface area contributed by atoms with Crippen molar-refractivity contribution < 1.29 is 19.1 Å². The van der Waals surface area contributed by atoms with E-state index in [-0.39, 0.29) is 24.8 Å². The molecule has 8 nitrogen and oxygen atoms in total. The predicted octanol–water partition coefficient (Wildman–Crippen LogP) is 3.22. The van der Waals surface area contributed by atoms with E-state index in [9.17, 15) is 9.59 Å². The standard InChI is InChI=1S/C19H26N4O4S/c1-5-12(6-2)18-22-23-19(28-18)21-16(24)7-8-20-17(25)13-9-14(26-3)11-15(10-13)27-4/h9-12H,5-8H2,1-4H3,(H,20,25)(H,21,23,24). The lowest BCUT2D eigenvalue weighted by molar-refractivity contribution is -0.116. The number of hydrogen-bond donors (Lipinski definition) is 2. The first-order chi connectivity index (χ1) is 13.5. The molecule has 9 heteroatoms. The molecule has 0 atom stereocenters. The predicted molar refractivity (Wildman–Crippen MR) is 108 cm³/mol. The van der Waals surface area contributed by atoms with E-state index in [0.29, 0.717) is 28.1 Å². The maximum absolute atomic E-state index is 12.3. The average molecular weight is 407 g/mol. The maximum Gasteiger partial charge on any atom is 0.251 e. The summed E-state index contributed by atoms with van der Waals surface area (Å²) in [6.45, 7) is 4.41. The Morgan fingerprint density at radius 1 is 1.07 bits per heavy atom. The highest BCUT2D eigenvalue weighted by Crippen LogP contribution is 2.28. The van der Waals surface area contributed by atoms with Gasteiger partial charge in [0, 0.05) is 30.5 Å². The van der Waals surface area contributed by atoms with Gasteiger partial charge in [0.1, 0.15) is 16.5 Å². The Hall–Kier alpha value is -2.68. The molecule has 0 aliphatic carbocycles. The first kappa shape index (κ1) is 21.6. The maximum atomic E-state index is 12.3. The van der Waals surface area contributed by atoms with Crippen molar-refractivity contribution in [2.75, 3.05) is 26.1 Å². The minimum Gasteiger partial charge on any atom is -0.497 e. The second-order valence-electron chi connectivity index (χ2n) is 6.11. The first-order valence-electron chi connectivity index (χ1n) is 9.15. The zero-order valence-electron chi connectivity index (χ0n) is 16.6. The van der Waals surface area contributed by atoms with E-state index < -0.39 is 0 Å². The summed E-state index contributed by atoms with van der Waals surface area (Å²) < 4.78 is 10.3. The number of anilines is 1. The fourth-order valence-electron chi connectivity index (χ4n) is 2.60. The van der Waals surface area contributed by atoms with Crippen LogP contribution in [0.2, 0.25) is 0 Å². The molecule has 0 saturated carbocycles. The Kier molecular flexibility index (Phi) is 8.19. The summed E-state index contributed by atoms with van der Waals surface area (Å²) in [6.07, 6.45) is 2.10. The molecule has 2 N–H and O–H groups in total. The van der Waals surface area contributed by atoms with Crippen molar-refractivity contribution in [1.82, 2.24) is 15.5 Å². The second kappa shape index (κ2) is 10.6. The van der Waals surface area contributed by atoms with E-state index in [0.717, 1.165) is 17.8 Å². The number of benzene rings is 1. The molecule has 0 aliphatic rings. The van der Waals surface area contributed by atoms with Crippen LogP contribution in [0.1, 0.15) is 54.4 Å². The SMILES string of the molecule is CCC(CC)c1nnc(NC(=O)CCNC(=O)c2cc(OC)cc(OC)c2)s1. The number of carbonyl (C=O) groups excluding carboxylic acids is 2. The van der Waals surface area contributed by atoms with E-state index >= 15 is 0 Å². The minimum atomic E-state index is -0.308. The van der Waals surface area contributed by atoms with Crippen molar-refractivity contribution in [3.05, 3.63) is 28.8 Å². The molecular weight excluding hydrogens is 380 g/mol. The van der Waals surface area contributed by atoms with Crippen LogP contribution >= 0.6 is 11.3 Å². The van der Waals surface area contributed by atoms with Crippen LogP contribution in [0.3, 0.4) is 0 Å². The lowest BCUT2D eigenvalue weighted by Gasteiger charge is -2.09. The van der Waals surface area contributed by atoms with Gasteiger partial charge in [0.15, 0.2) is 0 Å². The zero-order valence-corrected chi connectivity index (χ0v) is 17.4. The highest BCUT2D eigenvalue weighted by Gasteiger charge is 2.15. The van der Waals surface area contributed by atoms with Crippen LogP contribution in [0, 0.1) is 0 Å². The van der Waals surface area contributed by atoms with Gasteiger partial charge in [-0.2, -0.15) is 0 Å². The van der Waals surface area contributed by atoms with Gasteiger partial charge in [0.2, 0.25) is 11.0 Å². The van der Waals surface area contributed by atoms with Gasteiger partial charge in [-0.1, -0.05) is 25.2 Å².